The largest absolute Gasteiger partial charge is 0.376 e. The maximum Gasteiger partial charge on any atom is 0.0689 e. The van der Waals surface area contributed by atoms with Crippen molar-refractivity contribution in [3.63, 3.8) is 0 Å². The highest BCUT2D eigenvalue weighted by atomic mass is 16.5. The van der Waals surface area contributed by atoms with Crippen molar-refractivity contribution in [3.8, 4) is 0 Å². The fraction of sp³-hybridized carbons (Fsp3) is 0.786. The van der Waals surface area contributed by atoms with E-state index in [9.17, 15) is 0 Å². The molecule has 3 rings (SSSR count). The molecule has 0 bridgehead atoms. The quantitative estimate of drug-likeness (QED) is 0.799. The molecule has 1 fully saturated rings. The van der Waals surface area contributed by atoms with E-state index >= 15 is 0 Å². The third-order valence-electron chi connectivity index (χ3n) is 4.30. The molecule has 2 heterocycles. The topological polar surface area (TPSA) is 63.9 Å². The van der Waals surface area contributed by atoms with Gasteiger partial charge in [-0.05, 0) is 45.1 Å². The van der Waals surface area contributed by atoms with Crippen molar-refractivity contribution in [1.29, 1.82) is 0 Å². The minimum atomic E-state index is 0.304. The monoisotopic (exact) mass is 249 g/mol. The average Bonchev–Trinajstić information content (AvgIpc) is 2.70. The summed E-state index contributed by atoms with van der Waals surface area (Å²) in [5.41, 5.74) is 10.0. The van der Waals surface area contributed by atoms with Gasteiger partial charge in [-0.3, -0.25) is 5.10 Å². The number of nitrogens with zero attached hydrogens (tertiary/aromatic N) is 1. The molecule has 0 amide bonds. The summed E-state index contributed by atoms with van der Waals surface area (Å²) in [4.78, 5) is 0. The second kappa shape index (κ2) is 4.67. The minimum Gasteiger partial charge on any atom is -0.376 e. The first-order chi connectivity index (χ1) is 8.63. The Balaban J connectivity index is 1.84. The van der Waals surface area contributed by atoms with E-state index in [1.54, 1.807) is 0 Å². The van der Waals surface area contributed by atoms with Gasteiger partial charge in [-0.1, -0.05) is 0 Å². The third-order valence-corrected chi connectivity index (χ3v) is 4.30. The van der Waals surface area contributed by atoms with Gasteiger partial charge in [-0.15, -0.1) is 0 Å². The number of H-pyrrole nitrogens is 1. The van der Waals surface area contributed by atoms with E-state index in [1.807, 2.05) is 0 Å². The average molecular weight is 249 g/mol. The first-order valence-electron chi connectivity index (χ1n) is 7.10. The number of nitrogens with two attached hydrogens (primary N) is 1. The van der Waals surface area contributed by atoms with Crippen LogP contribution in [0.3, 0.4) is 0 Å². The summed E-state index contributed by atoms with van der Waals surface area (Å²) in [6.45, 7) is 4.33. The lowest BCUT2D eigenvalue weighted by Gasteiger charge is -2.32. The second-order valence-electron chi connectivity index (χ2n) is 5.99. The lowest BCUT2D eigenvalue weighted by atomic mass is 9.84. The Morgan fingerprint density at radius 3 is 2.72 bits per heavy atom. The number of hydrogen-bond donors (Lipinski definition) is 2. The maximum absolute atomic E-state index is 6.01. The van der Waals surface area contributed by atoms with Gasteiger partial charge in [0.05, 0.1) is 17.9 Å². The molecule has 1 aliphatic carbocycles. The molecule has 1 saturated heterocycles. The van der Waals surface area contributed by atoms with Crippen LogP contribution < -0.4 is 5.73 Å². The fourth-order valence-electron chi connectivity index (χ4n) is 3.53. The van der Waals surface area contributed by atoms with Gasteiger partial charge < -0.3 is 10.5 Å². The van der Waals surface area contributed by atoms with E-state index < -0.39 is 0 Å². The summed E-state index contributed by atoms with van der Waals surface area (Å²) >= 11 is 0. The standard InChI is InChI=1S/C14H23N3O/c1-8-5-10(6-9(2)18-8)14-12-4-3-11(15)7-13(12)16-17-14/h8-11H,3-7,15H2,1-2H3,(H,16,17). The summed E-state index contributed by atoms with van der Waals surface area (Å²) < 4.78 is 5.82. The molecule has 0 radical (unpaired) electrons. The molecule has 4 heteroatoms. The van der Waals surface area contributed by atoms with Crippen molar-refractivity contribution in [2.24, 2.45) is 5.73 Å². The first kappa shape index (κ1) is 12.2. The Hall–Kier alpha value is -0.870. The highest BCUT2D eigenvalue weighted by molar-refractivity contribution is 5.31. The summed E-state index contributed by atoms with van der Waals surface area (Å²) in [5, 5.41) is 7.80. The van der Waals surface area contributed by atoms with Crippen molar-refractivity contribution in [2.75, 3.05) is 0 Å². The lowest BCUT2D eigenvalue weighted by molar-refractivity contribution is -0.0386. The van der Waals surface area contributed by atoms with E-state index in [0.29, 0.717) is 24.2 Å². The van der Waals surface area contributed by atoms with Gasteiger partial charge in [-0.2, -0.15) is 5.10 Å². The van der Waals surface area contributed by atoms with Crippen LogP contribution in [0.5, 0.6) is 0 Å². The highest BCUT2D eigenvalue weighted by Crippen LogP contribution is 2.36. The van der Waals surface area contributed by atoms with Crippen molar-refractivity contribution in [2.45, 2.75) is 70.1 Å². The van der Waals surface area contributed by atoms with Gasteiger partial charge in [-0.25, -0.2) is 0 Å². The zero-order valence-corrected chi connectivity index (χ0v) is 11.3. The fourth-order valence-corrected chi connectivity index (χ4v) is 3.53. The number of aromatic amines is 1. The van der Waals surface area contributed by atoms with E-state index in [0.717, 1.165) is 32.1 Å². The molecule has 1 aliphatic heterocycles. The van der Waals surface area contributed by atoms with Crippen LogP contribution in [-0.2, 0) is 17.6 Å². The Morgan fingerprint density at radius 2 is 2.00 bits per heavy atom. The number of aromatic nitrogens is 2. The van der Waals surface area contributed by atoms with Crippen molar-refractivity contribution in [1.82, 2.24) is 10.2 Å². The Kier molecular flexibility index (Phi) is 3.16. The molecule has 3 atom stereocenters. The number of ether oxygens (including phenoxy) is 1. The van der Waals surface area contributed by atoms with Gasteiger partial charge >= 0.3 is 0 Å². The molecule has 0 spiro atoms. The van der Waals surface area contributed by atoms with Crippen LogP contribution in [0.15, 0.2) is 0 Å². The van der Waals surface area contributed by atoms with Crippen LogP contribution in [0.4, 0.5) is 0 Å². The maximum atomic E-state index is 6.01. The van der Waals surface area contributed by atoms with Crippen LogP contribution in [0.2, 0.25) is 0 Å². The Morgan fingerprint density at radius 1 is 1.28 bits per heavy atom. The number of nitrogens with one attached hydrogen (secondary N) is 1. The molecular weight excluding hydrogens is 226 g/mol. The van der Waals surface area contributed by atoms with Crippen LogP contribution >= 0.6 is 0 Å². The lowest BCUT2D eigenvalue weighted by Crippen LogP contribution is -2.30. The smallest absolute Gasteiger partial charge is 0.0689 e. The number of hydrogen-bond acceptors (Lipinski definition) is 3. The molecule has 4 nitrogen and oxygen atoms in total. The van der Waals surface area contributed by atoms with Crippen molar-refractivity contribution < 1.29 is 4.74 Å². The summed E-state index contributed by atoms with van der Waals surface area (Å²) in [7, 11) is 0. The van der Waals surface area contributed by atoms with E-state index in [4.69, 9.17) is 10.5 Å². The van der Waals surface area contributed by atoms with Crippen molar-refractivity contribution >= 4 is 0 Å². The van der Waals surface area contributed by atoms with E-state index in [-0.39, 0.29) is 0 Å². The van der Waals surface area contributed by atoms with Crippen LogP contribution in [0.25, 0.3) is 0 Å². The Labute approximate surface area is 108 Å². The second-order valence-corrected chi connectivity index (χ2v) is 5.99. The molecular formula is C14H23N3O. The minimum absolute atomic E-state index is 0.304. The van der Waals surface area contributed by atoms with Crippen LogP contribution in [0.1, 0.15) is 56.0 Å². The molecule has 1 aromatic rings. The highest BCUT2D eigenvalue weighted by Gasteiger charge is 2.31. The van der Waals surface area contributed by atoms with Gasteiger partial charge in [0.2, 0.25) is 0 Å². The molecule has 3 unspecified atom stereocenters. The SMILES string of the molecule is CC1CC(c2n[nH]c3c2CCC(N)C3)CC(C)O1. The molecule has 1 aromatic heterocycles. The van der Waals surface area contributed by atoms with E-state index in [1.165, 1.54) is 17.0 Å². The third kappa shape index (κ3) is 2.19. The Bertz CT molecular complexity index is 419. The van der Waals surface area contributed by atoms with Crippen LogP contribution in [0, 0.1) is 0 Å². The summed E-state index contributed by atoms with van der Waals surface area (Å²) in [6.07, 6.45) is 6.00. The number of rotatable bonds is 1. The first-order valence-corrected chi connectivity index (χ1v) is 7.10. The van der Waals surface area contributed by atoms with Crippen molar-refractivity contribution in [3.05, 3.63) is 17.0 Å². The molecule has 2 aliphatic rings. The zero-order chi connectivity index (χ0) is 12.7. The van der Waals surface area contributed by atoms with Gasteiger partial charge in [0.15, 0.2) is 0 Å². The molecule has 18 heavy (non-hydrogen) atoms. The van der Waals surface area contributed by atoms with Gasteiger partial charge in [0.25, 0.3) is 0 Å². The summed E-state index contributed by atoms with van der Waals surface area (Å²) in [5.74, 6) is 0.554. The molecule has 0 saturated carbocycles. The molecule has 3 N–H and O–H groups in total. The predicted octanol–water partition coefficient (Wildman–Crippen LogP) is 1.90. The normalized spacial score (nSPS) is 36.4. The number of fused-ring (bicyclic) bond motifs is 1. The summed E-state index contributed by atoms with van der Waals surface area (Å²) in [6, 6.07) is 0.304. The van der Waals surface area contributed by atoms with Gasteiger partial charge in [0.1, 0.15) is 0 Å². The van der Waals surface area contributed by atoms with E-state index in [2.05, 4.69) is 24.0 Å². The molecule has 0 aromatic carbocycles. The van der Waals surface area contributed by atoms with Crippen LogP contribution in [-0.4, -0.2) is 28.4 Å². The van der Waals surface area contributed by atoms with Gasteiger partial charge in [0, 0.05) is 24.1 Å². The molecule has 100 valence electrons. The zero-order valence-electron chi connectivity index (χ0n) is 11.3. The predicted molar refractivity (Wildman–Crippen MR) is 70.6 cm³/mol.